The van der Waals surface area contributed by atoms with E-state index in [4.69, 9.17) is 9.84 Å². The molecule has 0 radical (unpaired) electrons. The monoisotopic (exact) mass is 237 g/mol. The minimum Gasteiger partial charge on any atom is -0.478 e. The number of rotatable bonds is 4. The van der Waals surface area contributed by atoms with Crippen LogP contribution < -0.4 is 5.32 Å². The number of carboxylic acid groups (broad SMARTS) is 1. The molecule has 0 aliphatic carbocycles. The van der Waals surface area contributed by atoms with Crippen LogP contribution in [0, 0.1) is 0 Å². The Morgan fingerprint density at radius 3 is 2.35 bits per heavy atom. The minimum absolute atomic E-state index is 0.163. The maximum atomic E-state index is 11.2. The molecule has 0 fully saturated rings. The van der Waals surface area contributed by atoms with E-state index in [0.717, 1.165) is 5.56 Å². The van der Waals surface area contributed by atoms with Crippen LogP contribution in [0.5, 0.6) is 0 Å². The van der Waals surface area contributed by atoms with Crippen molar-refractivity contribution in [1.29, 1.82) is 0 Å². The number of benzene rings is 1. The predicted octanol–water partition coefficient (Wildman–Crippen LogP) is 2.02. The standard InChI is InChI=1S/C12H15NO4/c1-8(2)17-12(16)13-7-9-3-5-10(6-4-9)11(14)15/h3-6,8H,7H2,1-2H3,(H,13,16)(H,14,15). The summed E-state index contributed by atoms with van der Waals surface area (Å²) in [5.74, 6) is -0.969. The van der Waals surface area contributed by atoms with Gasteiger partial charge in [0, 0.05) is 6.54 Å². The number of carbonyl (C=O) groups is 2. The third-order valence-corrected chi connectivity index (χ3v) is 1.98. The second-order valence-electron chi connectivity index (χ2n) is 3.81. The van der Waals surface area contributed by atoms with Gasteiger partial charge in [-0.05, 0) is 31.5 Å². The maximum absolute atomic E-state index is 11.2. The van der Waals surface area contributed by atoms with Crippen LogP contribution in [0.1, 0.15) is 29.8 Å². The molecule has 0 aliphatic heterocycles. The summed E-state index contributed by atoms with van der Waals surface area (Å²) in [6.07, 6.45) is -0.647. The Morgan fingerprint density at radius 2 is 1.88 bits per heavy atom. The zero-order chi connectivity index (χ0) is 12.8. The van der Waals surface area contributed by atoms with Crippen LogP contribution in [0.15, 0.2) is 24.3 Å². The van der Waals surface area contributed by atoms with Gasteiger partial charge in [-0.25, -0.2) is 9.59 Å². The Balaban J connectivity index is 2.47. The van der Waals surface area contributed by atoms with Gasteiger partial charge < -0.3 is 15.2 Å². The van der Waals surface area contributed by atoms with Crippen LogP contribution >= 0.6 is 0 Å². The average Bonchev–Trinajstić information content (AvgIpc) is 2.26. The number of nitrogens with one attached hydrogen (secondary N) is 1. The molecule has 1 aromatic carbocycles. The van der Waals surface area contributed by atoms with Crippen molar-refractivity contribution in [2.75, 3.05) is 0 Å². The number of hydrogen-bond acceptors (Lipinski definition) is 3. The average molecular weight is 237 g/mol. The number of aromatic carboxylic acids is 1. The third kappa shape index (κ3) is 4.55. The molecule has 2 N–H and O–H groups in total. The van der Waals surface area contributed by atoms with E-state index in [0.29, 0.717) is 6.54 Å². The maximum Gasteiger partial charge on any atom is 0.407 e. The van der Waals surface area contributed by atoms with Gasteiger partial charge in [-0.15, -0.1) is 0 Å². The molecule has 0 aromatic heterocycles. The van der Waals surface area contributed by atoms with E-state index in [2.05, 4.69) is 5.32 Å². The SMILES string of the molecule is CC(C)OC(=O)NCc1ccc(C(=O)O)cc1. The number of carboxylic acids is 1. The molecule has 0 aliphatic rings. The Labute approximate surface area is 99.4 Å². The lowest BCUT2D eigenvalue weighted by atomic mass is 10.1. The van der Waals surface area contributed by atoms with E-state index < -0.39 is 12.1 Å². The van der Waals surface area contributed by atoms with Crippen molar-refractivity contribution in [3.63, 3.8) is 0 Å². The summed E-state index contributed by atoms with van der Waals surface area (Å²) >= 11 is 0. The fraction of sp³-hybridized carbons (Fsp3) is 0.333. The first kappa shape index (κ1) is 13.0. The van der Waals surface area contributed by atoms with Crippen molar-refractivity contribution in [3.05, 3.63) is 35.4 Å². The van der Waals surface area contributed by atoms with E-state index in [1.807, 2.05) is 0 Å². The lowest BCUT2D eigenvalue weighted by Crippen LogP contribution is -2.26. The first-order chi connectivity index (χ1) is 7.99. The number of hydrogen-bond donors (Lipinski definition) is 2. The summed E-state index contributed by atoms with van der Waals surface area (Å²) < 4.78 is 4.89. The minimum atomic E-state index is -0.969. The highest BCUT2D eigenvalue weighted by atomic mass is 16.6. The Bertz CT molecular complexity index is 397. The molecule has 0 atom stereocenters. The molecule has 0 unspecified atom stereocenters. The first-order valence-electron chi connectivity index (χ1n) is 5.25. The van der Waals surface area contributed by atoms with Crippen LogP contribution in [0.4, 0.5) is 4.79 Å². The van der Waals surface area contributed by atoms with E-state index in [9.17, 15) is 9.59 Å². The fourth-order valence-corrected chi connectivity index (χ4v) is 1.20. The van der Waals surface area contributed by atoms with Crippen LogP contribution in [-0.2, 0) is 11.3 Å². The smallest absolute Gasteiger partial charge is 0.407 e. The van der Waals surface area contributed by atoms with E-state index in [1.54, 1.807) is 26.0 Å². The molecule has 1 rings (SSSR count). The molecular formula is C12H15NO4. The molecule has 92 valence electrons. The van der Waals surface area contributed by atoms with Crippen LogP contribution in [-0.4, -0.2) is 23.3 Å². The van der Waals surface area contributed by atoms with Gasteiger partial charge in [-0.2, -0.15) is 0 Å². The van der Waals surface area contributed by atoms with Crippen molar-refractivity contribution < 1.29 is 19.4 Å². The van der Waals surface area contributed by atoms with Crippen molar-refractivity contribution >= 4 is 12.1 Å². The van der Waals surface area contributed by atoms with Crippen molar-refractivity contribution in [3.8, 4) is 0 Å². The molecule has 0 saturated carbocycles. The summed E-state index contributed by atoms with van der Waals surface area (Å²) in [5.41, 5.74) is 1.04. The molecule has 0 spiro atoms. The number of alkyl carbamates (subject to hydrolysis) is 1. The van der Waals surface area contributed by atoms with Gasteiger partial charge in [-0.3, -0.25) is 0 Å². The first-order valence-corrected chi connectivity index (χ1v) is 5.25. The third-order valence-electron chi connectivity index (χ3n) is 1.98. The van der Waals surface area contributed by atoms with Gasteiger partial charge in [0.25, 0.3) is 0 Å². The van der Waals surface area contributed by atoms with Gasteiger partial charge in [0.1, 0.15) is 0 Å². The lowest BCUT2D eigenvalue weighted by molar-refractivity contribution is 0.0696. The van der Waals surface area contributed by atoms with Crippen LogP contribution in [0.3, 0.4) is 0 Å². The van der Waals surface area contributed by atoms with Crippen LogP contribution in [0.2, 0.25) is 0 Å². The van der Waals surface area contributed by atoms with Crippen molar-refractivity contribution in [2.45, 2.75) is 26.5 Å². The molecule has 0 heterocycles. The second kappa shape index (κ2) is 5.89. The largest absolute Gasteiger partial charge is 0.478 e. The zero-order valence-corrected chi connectivity index (χ0v) is 9.77. The van der Waals surface area contributed by atoms with Gasteiger partial charge in [0.05, 0.1) is 11.7 Å². The summed E-state index contributed by atoms with van der Waals surface area (Å²) in [6.45, 7) is 3.84. The Hall–Kier alpha value is -2.04. The summed E-state index contributed by atoms with van der Waals surface area (Å²) in [5, 5.41) is 11.3. The molecule has 1 amide bonds. The van der Waals surface area contributed by atoms with E-state index >= 15 is 0 Å². The lowest BCUT2D eigenvalue weighted by Gasteiger charge is -2.09. The highest BCUT2D eigenvalue weighted by molar-refractivity contribution is 5.87. The predicted molar refractivity (Wildman–Crippen MR) is 61.9 cm³/mol. The topological polar surface area (TPSA) is 75.6 Å². The molecule has 0 bridgehead atoms. The summed E-state index contributed by atoms with van der Waals surface area (Å²) in [4.78, 5) is 21.8. The summed E-state index contributed by atoms with van der Waals surface area (Å²) in [6, 6.07) is 6.29. The highest BCUT2D eigenvalue weighted by Crippen LogP contribution is 2.04. The van der Waals surface area contributed by atoms with Gasteiger partial charge >= 0.3 is 12.1 Å². The van der Waals surface area contributed by atoms with Gasteiger partial charge in [-0.1, -0.05) is 12.1 Å². The Kier molecular flexibility index (Phi) is 4.51. The Morgan fingerprint density at radius 1 is 1.29 bits per heavy atom. The molecule has 1 aromatic rings. The second-order valence-corrected chi connectivity index (χ2v) is 3.81. The quantitative estimate of drug-likeness (QED) is 0.840. The van der Waals surface area contributed by atoms with Gasteiger partial charge in [0.15, 0.2) is 0 Å². The van der Waals surface area contributed by atoms with Gasteiger partial charge in [0.2, 0.25) is 0 Å². The number of carbonyl (C=O) groups excluding carboxylic acids is 1. The molecule has 5 nitrogen and oxygen atoms in total. The van der Waals surface area contributed by atoms with E-state index in [1.165, 1.54) is 12.1 Å². The van der Waals surface area contributed by atoms with Crippen LogP contribution in [0.25, 0.3) is 0 Å². The van der Waals surface area contributed by atoms with Crippen molar-refractivity contribution in [2.24, 2.45) is 0 Å². The summed E-state index contributed by atoms with van der Waals surface area (Å²) in [7, 11) is 0. The number of ether oxygens (including phenoxy) is 1. The molecule has 17 heavy (non-hydrogen) atoms. The fourth-order valence-electron chi connectivity index (χ4n) is 1.20. The molecule has 0 saturated heterocycles. The van der Waals surface area contributed by atoms with Crippen molar-refractivity contribution in [1.82, 2.24) is 5.32 Å². The normalized spacial score (nSPS) is 10.1. The zero-order valence-electron chi connectivity index (χ0n) is 9.77. The van der Waals surface area contributed by atoms with E-state index in [-0.39, 0.29) is 11.7 Å². The highest BCUT2D eigenvalue weighted by Gasteiger charge is 2.05. The number of amides is 1. The molecular weight excluding hydrogens is 222 g/mol. The molecule has 5 heteroatoms.